The normalized spacial score (nSPS) is 9.60. The van der Waals surface area contributed by atoms with Gasteiger partial charge < -0.3 is 0 Å². The van der Waals surface area contributed by atoms with E-state index in [1.807, 2.05) is 0 Å². The molecule has 0 bridgehead atoms. The van der Waals surface area contributed by atoms with Crippen LogP contribution in [0.2, 0.25) is 0 Å². The lowest BCUT2D eigenvalue weighted by Crippen LogP contribution is -1.95. The van der Waals surface area contributed by atoms with E-state index in [1.165, 1.54) is 48.6 Å². The van der Waals surface area contributed by atoms with Gasteiger partial charge in [-0.25, -0.2) is 9.59 Å². The Bertz CT molecular complexity index is 881. The number of isocyanates is 2. The number of nitro groups is 2. The second-order valence-electron chi connectivity index (χ2n) is 4.74. The first-order valence-electron chi connectivity index (χ1n) is 6.66. The van der Waals surface area contributed by atoms with Gasteiger partial charge in [-0.2, -0.15) is 9.98 Å². The van der Waals surface area contributed by atoms with E-state index in [2.05, 4.69) is 9.98 Å². The second-order valence-corrected chi connectivity index (χ2v) is 4.74. The zero-order valence-electron chi connectivity index (χ0n) is 12.4. The molecule has 0 spiro atoms. The smallest absolute Gasteiger partial charge is 0.258 e. The van der Waals surface area contributed by atoms with E-state index in [0.717, 1.165) is 0 Å². The van der Waals surface area contributed by atoms with E-state index in [-0.39, 0.29) is 29.2 Å². The largest absolute Gasteiger partial charge is 0.296 e. The van der Waals surface area contributed by atoms with Gasteiger partial charge in [0.25, 0.3) is 11.4 Å². The van der Waals surface area contributed by atoms with Gasteiger partial charge in [-0.15, -0.1) is 0 Å². The van der Waals surface area contributed by atoms with Crippen molar-refractivity contribution in [3.63, 3.8) is 0 Å². The molecule has 0 aliphatic heterocycles. The van der Waals surface area contributed by atoms with Crippen LogP contribution < -0.4 is 0 Å². The lowest BCUT2D eigenvalue weighted by atomic mass is 10.0. The summed E-state index contributed by atoms with van der Waals surface area (Å²) in [5, 5.41) is 22.1. The highest BCUT2D eigenvalue weighted by Gasteiger charge is 2.17. The summed E-state index contributed by atoms with van der Waals surface area (Å²) in [6, 6.07) is 8.04. The molecule has 2 rings (SSSR count). The lowest BCUT2D eigenvalue weighted by Gasteiger charge is -2.04. The Balaban J connectivity index is 2.43. The number of nitrogens with zero attached hydrogens (tertiary/aromatic N) is 4. The molecular weight excluding hydrogens is 332 g/mol. The highest BCUT2D eigenvalue weighted by atomic mass is 16.6. The Morgan fingerprint density at radius 1 is 0.800 bits per heavy atom. The number of hydrogen-bond acceptors (Lipinski definition) is 8. The number of benzene rings is 2. The molecule has 0 fully saturated rings. The summed E-state index contributed by atoms with van der Waals surface area (Å²) in [5.74, 6) is 0. The molecule has 0 heterocycles. The van der Waals surface area contributed by atoms with E-state index in [4.69, 9.17) is 0 Å². The van der Waals surface area contributed by atoms with Crippen LogP contribution in [0.15, 0.2) is 46.4 Å². The fourth-order valence-electron chi connectivity index (χ4n) is 2.17. The Labute approximate surface area is 139 Å². The third-order valence-corrected chi connectivity index (χ3v) is 3.21. The first kappa shape index (κ1) is 17.4. The predicted octanol–water partition coefficient (Wildman–Crippen LogP) is 3.03. The molecule has 0 unspecified atom stereocenters. The first-order valence-corrected chi connectivity index (χ1v) is 6.66. The summed E-state index contributed by atoms with van der Waals surface area (Å²) < 4.78 is 0. The van der Waals surface area contributed by atoms with Crippen molar-refractivity contribution < 1.29 is 19.4 Å². The molecule has 10 heteroatoms. The fraction of sp³-hybridized carbons (Fsp3) is 0.0667. The number of aliphatic imine (C=N–C) groups is 2. The molecule has 0 aromatic heterocycles. The van der Waals surface area contributed by atoms with Gasteiger partial charge in [0.1, 0.15) is 0 Å². The lowest BCUT2D eigenvalue weighted by molar-refractivity contribution is -0.384. The van der Waals surface area contributed by atoms with Crippen molar-refractivity contribution in [2.24, 2.45) is 9.98 Å². The quantitative estimate of drug-likeness (QED) is 0.342. The molecule has 2 aromatic carbocycles. The van der Waals surface area contributed by atoms with Gasteiger partial charge in [0, 0.05) is 12.1 Å². The summed E-state index contributed by atoms with van der Waals surface area (Å²) in [6.07, 6.45) is 2.63. The topological polar surface area (TPSA) is 145 Å². The molecule has 0 atom stereocenters. The fourth-order valence-corrected chi connectivity index (χ4v) is 2.17. The van der Waals surface area contributed by atoms with Crippen LogP contribution in [0.25, 0.3) is 0 Å². The number of rotatable bonds is 6. The van der Waals surface area contributed by atoms with Crippen LogP contribution in [-0.2, 0) is 16.0 Å². The van der Waals surface area contributed by atoms with Crippen molar-refractivity contribution in [3.8, 4) is 0 Å². The van der Waals surface area contributed by atoms with E-state index >= 15 is 0 Å². The number of nitro benzene ring substituents is 2. The molecule has 25 heavy (non-hydrogen) atoms. The molecular formula is C15H8N4O6. The van der Waals surface area contributed by atoms with Crippen LogP contribution in [0.3, 0.4) is 0 Å². The summed E-state index contributed by atoms with van der Waals surface area (Å²) >= 11 is 0. The van der Waals surface area contributed by atoms with Crippen LogP contribution >= 0.6 is 0 Å². The highest BCUT2D eigenvalue weighted by Crippen LogP contribution is 2.31. The zero-order valence-corrected chi connectivity index (χ0v) is 12.4. The van der Waals surface area contributed by atoms with E-state index in [9.17, 15) is 29.8 Å². The summed E-state index contributed by atoms with van der Waals surface area (Å²) in [7, 11) is 0. The summed E-state index contributed by atoms with van der Waals surface area (Å²) in [5.41, 5.74) is -0.0548. The Morgan fingerprint density at radius 3 is 1.52 bits per heavy atom. The van der Waals surface area contributed by atoms with E-state index in [0.29, 0.717) is 11.1 Å². The van der Waals surface area contributed by atoms with Crippen molar-refractivity contribution in [2.75, 3.05) is 0 Å². The van der Waals surface area contributed by atoms with Crippen LogP contribution in [-0.4, -0.2) is 22.0 Å². The Kier molecular flexibility index (Phi) is 5.22. The first-order chi connectivity index (χ1) is 12.0. The number of hydrogen-bond donors (Lipinski definition) is 0. The molecule has 0 saturated heterocycles. The minimum Gasteiger partial charge on any atom is -0.258 e. The molecule has 10 nitrogen and oxygen atoms in total. The maximum atomic E-state index is 11.0. The molecule has 2 aromatic rings. The third kappa shape index (κ3) is 4.05. The van der Waals surface area contributed by atoms with Crippen molar-refractivity contribution in [1.29, 1.82) is 0 Å². The highest BCUT2D eigenvalue weighted by molar-refractivity contribution is 5.64. The van der Waals surface area contributed by atoms with Gasteiger partial charge in [-0.3, -0.25) is 20.2 Å². The van der Waals surface area contributed by atoms with Gasteiger partial charge >= 0.3 is 0 Å². The predicted molar refractivity (Wildman–Crippen MR) is 84.6 cm³/mol. The van der Waals surface area contributed by atoms with E-state index < -0.39 is 9.85 Å². The van der Waals surface area contributed by atoms with Gasteiger partial charge in [0.15, 0.2) is 11.4 Å². The SMILES string of the molecule is O=C=Nc1ccc(Cc2ccc(N=C=O)c([N+](=O)[O-])c2)cc1[N+](=O)[O-]. The van der Waals surface area contributed by atoms with Crippen molar-refractivity contribution in [2.45, 2.75) is 6.42 Å². The molecule has 0 N–H and O–H groups in total. The van der Waals surface area contributed by atoms with Gasteiger partial charge in [-0.05, 0) is 29.7 Å². The van der Waals surface area contributed by atoms with Crippen LogP contribution in [0.4, 0.5) is 22.7 Å². The van der Waals surface area contributed by atoms with Crippen molar-refractivity contribution >= 4 is 34.9 Å². The molecule has 0 saturated carbocycles. The maximum absolute atomic E-state index is 11.0. The van der Waals surface area contributed by atoms with Gasteiger partial charge in [-0.1, -0.05) is 12.1 Å². The van der Waals surface area contributed by atoms with Crippen molar-refractivity contribution in [3.05, 3.63) is 67.8 Å². The Morgan fingerprint density at radius 2 is 1.20 bits per heavy atom. The average molecular weight is 340 g/mol. The number of carbonyl (C=O) groups excluding carboxylic acids is 2. The minimum absolute atomic E-state index is 0.134. The summed E-state index contributed by atoms with van der Waals surface area (Å²) in [4.78, 5) is 47.8. The second kappa shape index (κ2) is 7.51. The summed E-state index contributed by atoms with van der Waals surface area (Å²) in [6.45, 7) is 0. The van der Waals surface area contributed by atoms with Crippen LogP contribution in [0, 0.1) is 20.2 Å². The maximum Gasteiger partial charge on any atom is 0.296 e. The molecule has 0 aliphatic carbocycles. The molecule has 124 valence electrons. The molecule has 0 amide bonds. The van der Waals surface area contributed by atoms with E-state index in [1.54, 1.807) is 0 Å². The average Bonchev–Trinajstić information content (AvgIpc) is 2.57. The van der Waals surface area contributed by atoms with Crippen LogP contribution in [0.1, 0.15) is 11.1 Å². The zero-order chi connectivity index (χ0) is 18.4. The van der Waals surface area contributed by atoms with Gasteiger partial charge in [0.2, 0.25) is 12.2 Å². The third-order valence-electron chi connectivity index (χ3n) is 3.21. The Hall–Kier alpha value is -4.00. The molecule has 0 aliphatic rings. The standard InChI is InChI=1S/C15H8N4O6/c20-8-16-12-3-1-10(6-14(12)18(22)23)5-11-2-4-13(17-9-21)15(7-11)19(24)25/h1-4,6-7H,5H2. The minimum atomic E-state index is -0.690. The van der Waals surface area contributed by atoms with Gasteiger partial charge in [0.05, 0.1) is 9.85 Å². The van der Waals surface area contributed by atoms with Crippen LogP contribution in [0.5, 0.6) is 0 Å². The monoisotopic (exact) mass is 340 g/mol. The molecule has 0 radical (unpaired) electrons. The van der Waals surface area contributed by atoms with Crippen molar-refractivity contribution in [1.82, 2.24) is 0 Å².